The number of nitrogens with one attached hydrogen (secondary N) is 3. The van der Waals surface area contributed by atoms with Crippen molar-refractivity contribution in [3.8, 4) is 0 Å². The van der Waals surface area contributed by atoms with Crippen molar-refractivity contribution in [1.82, 2.24) is 20.5 Å². The van der Waals surface area contributed by atoms with Crippen molar-refractivity contribution < 1.29 is 19.2 Å². The van der Waals surface area contributed by atoms with Crippen LogP contribution < -0.4 is 20.9 Å². The lowest BCUT2D eigenvalue weighted by atomic mass is 10.0. The molecular formula is C23H24N6O4. The number of amides is 4. The summed E-state index contributed by atoms with van der Waals surface area (Å²) in [6.07, 6.45) is 2.00. The van der Waals surface area contributed by atoms with Crippen molar-refractivity contribution in [3.05, 3.63) is 53.2 Å². The first-order valence-corrected chi connectivity index (χ1v) is 11.0. The molecule has 1 aromatic heterocycles. The summed E-state index contributed by atoms with van der Waals surface area (Å²) in [6, 6.07) is 8.09. The van der Waals surface area contributed by atoms with E-state index < -0.39 is 29.7 Å². The summed E-state index contributed by atoms with van der Waals surface area (Å²) >= 11 is 0. The summed E-state index contributed by atoms with van der Waals surface area (Å²) in [5, 5.41) is 8.82. The van der Waals surface area contributed by atoms with E-state index >= 15 is 0 Å². The Labute approximate surface area is 190 Å². The van der Waals surface area contributed by atoms with Crippen molar-refractivity contribution in [2.45, 2.75) is 25.4 Å². The number of imide groups is 2. The van der Waals surface area contributed by atoms with Crippen LogP contribution in [0.2, 0.25) is 0 Å². The highest BCUT2D eigenvalue weighted by molar-refractivity contribution is 6.23. The fraction of sp³-hybridized carbons (Fsp3) is 0.348. The molecule has 5 rings (SSSR count). The van der Waals surface area contributed by atoms with Gasteiger partial charge in [0.2, 0.25) is 11.8 Å². The van der Waals surface area contributed by atoms with Gasteiger partial charge in [0.05, 0.1) is 11.1 Å². The largest absolute Gasteiger partial charge is 0.369 e. The van der Waals surface area contributed by atoms with Gasteiger partial charge in [-0.05, 0) is 30.2 Å². The predicted octanol–water partition coefficient (Wildman–Crippen LogP) is 0.505. The average molecular weight is 448 g/mol. The Bertz CT molecular complexity index is 1140. The first-order valence-electron chi connectivity index (χ1n) is 11.0. The van der Waals surface area contributed by atoms with E-state index in [1.165, 1.54) is 0 Å². The van der Waals surface area contributed by atoms with Gasteiger partial charge in [0.25, 0.3) is 11.8 Å². The van der Waals surface area contributed by atoms with E-state index in [9.17, 15) is 19.2 Å². The van der Waals surface area contributed by atoms with Gasteiger partial charge in [-0.3, -0.25) is 29.4 Å². The van der Waals surface area contributed by atoms with Crippen molar-refractivity contribution >= 4 is 35.1 Å². The molecule has 10 nitrogen and oxygen atoms in total. The van der Waals surface area contributed by atoms with E-state index in [0.29, 0.717) is 6.54 Å². The Kier molecular flexibility index (Phi) is 5.51. The Hall–Kier alpha value is -3.79. The number of fused-ring (bicyclic) bond motifs is 1. The van der Waals surface area contributed by atoms with Gasteiger partial charge in [0.15, 0.2) is 0 Å². The number of carbonyl (C=O) groups is 4. The first-order chi connectivity index (χ1) is 16.0. The van der Waals surface area contributed by atoms with Gasteiger partial charge in [-0.15, -0.1) is 0 Å². The molecule has 0 radical (unpaired) electrons. The monoisotopic (exact) mass is 448 g/mol. The second kappa shape index (κ2) is 8.62. The van der Waals surface area contributed by atoms with Crippen LogP contribution in [-0.4, -0.2) is 65.7 Å². The van der Waals surface area contributed by atoms with Crippen LogP contribution in [0.5, 0.6) is 0 Å². The smallest absolute Gasteiger partial charge is 0.262 e. The molecule has 170 valence electrons. The van der Waals surface area contributed by atoms with Gasteiger partial charge in [-0.2, -0.15) is 0 Å². The number of carbonyl (C=O) groups excluding carboxylic acids is 4. The lowest BCUT2D eigenvalue weighted by molar-refractivity contribution is -0.136. The van der Waals surface area contributed by atoms with Gasteiger partial charge in [-0.1, -0.05) is 6.07 Å². The zero-order chi connectivity index (χ0) is 22.9. The number of hydrogen-bond acceptors (Lipinski definition) is 8. The summed E-state index contributed by atoms with van der Waals surface area (Å²) < 4.78 is 0. The zero-order valence-electron chi connectivity index (χ0n) is 18.0. The molecule has 2 saturated heterocycles. The van der Waals surface area contributed by atoms with E-state index in [-0.39, 0.29) is 24.0 Å². The average Bonchev–Trinajstić information content (AvgIpc) is 3.08. The fourth-order valence-corrected chi connectivity index (χ4v) is 4.46. The van der Waals surface area contributed by atoms with Gasteiger partial charge in [0.1, 0.15) is 11.9 Å². The SMILES string of the molecule is O=C1CCC(N2C(=O)c3ccc(CNc4cc(N5CCNCC5)ccn4)cc3C2=O)C(=O)N1. The predicted molar refractivity (Wildman–Crippen MR) is 120 cm³/mol. The molecule has 10 heteroatoms. The van der Waals surface area contributed by atoms with Crippen LogP contribution >= 0.6 is 0 Å². The minimum Gasteiger partial charge on any atom is -0.369 e. The van der Waals surface area contributed by atoms with Gasteiger partial charge in [0, 0.05) is 57.1 Å². The van der Waals surface area contributed by atoms with Crippen molar-refractivity contribution in [2.24, 2.45) is 0 Å². The molecule has 0 saturated carbocycles. The molecule has 2 fully saturated rings. The van der Waals surface area contributed by atoms with Crippen LogP contribution in [0.1, 0.15) is 39.1 Å². The summed E-state index contributed by atoms with van der Waals surface area (Å²) in [6.45, 7) is 4.19. The van der Waals surface area contributed by atoms with Crippen molar-refractivity contribution in [1.29, 1.82) is 0 Å². The number of rotatable bonds is 5. The van der Waals surface area contributed by atoms with E-state index in [0.717, 1.165) is 48.1 Å². The second-order valence-electron chi connectivity index (χ2n) is 8.32. The summed E-state index contributed by atoms with van der Waals surface area (Å²) in [4.78, 5) is 57.1. The quantitative estimate of drug-likeness (QED) is 0.565. The van der Waals surface area contributed by atoms with Gasteiger partial charge >= 0.3 is 0 Å². The van der Waals surface area contributed by atoms with E-state index in [2.05, 4.69) is 25.8 Å². The standard InChI is InChI=1S/C23H24N6O4/c30-20-4-3-18(21(31)27-20)29-22(32)16-2-1-14(11-17(16)23(29)33)13-26-19-12-15(5-6-25-19)28-9-7-24-8-10-28/h1-2,5-6,11-12,18,24H,3-4,7-10,13H2,(H,25,26)(H,27,30,31). The molecule has 1 unspecified atom stereocenters. The third-order valence-electron chi connectivity index (χ3n) is 6.20. The van der Waals surface area contributed by atoms with E-state index in [1.807, 2.05) is 12.1 Å². The van der Waals surface area contributed by atoms with Crippen LogP contribution in [0.4, 0.5) is 11.5 Å². The number of pyridine rings is 1. The van der Waals surface area contributed by atoms with Crippen LogP contribution in [0, 0.1) is 0 Å². The van der Waals surface area contributed by atoms with Crippen molar-refractivity contribution in [3.63, 3.8) is 0 Å². The molecule has 33 heavy (non-hydrogen) atoms. The Balaban J connectivity index is 1.29. The lowest BCUT2D eigenvalue weighted by Crippen LogP contribution is -2.54. The van der Waals surface area contributed by atoms with Crippen LogP contribution in [0.15, 0.2) is 36.5 Å². The number of piperazine rings is 1. The van der Waals surface area contributed by atoms with Crippen LogP contribution in [-0.2, 0) is 16.1 Å². The molecule has 2 aromatic rings. The van der Waals surface area contributed by atoms with Crippen molar-refractivity contribution in [2.75, 3.05) is 36.4 Å². The highest BCUT2D eigenvalue weighted by atomic mass is 16.2. The molecule has 1 aromatic carbocycles. The van der Waals surface area contributed by atoms with E-state index in [1.54, 1.807) is 24.4 Å². The highest BCUT2D eigenvalue weighted by Gasteiger charge is 2.44. The maximum atomic E-state index is 13.0. The third-order valence-corrected chi connectivity index (χ3v) is 6.20. The number of benzene rings is 1. The van der Waals surface area contributed by atoms with Crippen LogP contribution in [0.3, 0.4) is 0 Å². The summed E-state index contributed by atoms with van der Waals surface area (Å²) in [7, 11) is 0. The summed E-state index contributed by atoms with van der Waals surface area (Å²) in [5.41, 5.74) is 2.46. The number of anilines is 2. The number of hydrogen-bond donors (Lipinski definition) is 3. The maximum absolute atomic E-state index is 13.0. The molecule has 3 N–H and O–H groups in total. The summed E-state index contributed by atoms with van der Waals surface area (Å²) in [5.74, 6) is -1.30. The molecule has 1 atom stereocenters. The molecule has 3 aliphatic rings. The van der Waals surface area contributed by atoms with Crippen LogP contribution in [0.25, 0.3) is 0 Å². The highest BCUT2D eigenvalue weighted by Crippen LogP contribution is 2.28. The third kappa shape index (κ3) is 4.05. The normalized spacial score (nSPS) is 20.7. The molecular weight excluding hydrogens is 424 g/mol. The topological polar surface area (TPSA) is 124 Å². The lowest BCUT2D eigenvalue weighted by Gasteiger charge is -2.29. The number of nitrogens with zero attached hydrogens (tertiary/aromatic N) is 3. The molecule has 0 bridgehead atoms. The fourth-order valence-electron chi connectivity index (χ4n) is 4.46. The molecule has 4 amide bonds. The minimum absolute atomic E-state index is 0.0962. The maximum Gasteiger partial charge on any atom is 0.262 e. The second-order valence-corrected chi connectivity index (χ2v) is 8.32. The first kappa shape index (κ1) is 21.1. The van der Waals surface area contributed by atoms with Gasteiger partial charge in [-0.25, -0.2) is 4.98 Å². The Morgan fingerprint density at radius 2 is 1.79 bits per heavy atom. The molecule has 4 heterocycles. The molecule has 0 spiro atoms. The Morgan fingerprint density at radius 3 is 2.58 bits per heavy atom. The number of piperidine rings is 1. The van der Waals surface area contributed by atoms with Gasteiger partial charge < -0.3 is 15.5 Å². The Morgan fingerprint density at radius 1 is 1.00 bits per heavy atom. The minimum atomic E-state index is -0.964. The zero-order valence-corrected chi connectivity index (χ0v) is 18.0. The number of aromatic nitrogens is 1. The molecule has 0 aliphatic carbocycles. The van der Waals surface area contributed by atoms with E-state index in [4.69, 9.17) is 0 Å². The molecule has 3 aliphatic heterocycles.